The normalized spacial score (nSPS) is 12.3. The van der Waals surface area contributed by atoms with E-state index in [4.69, 9.17) is 21.1 Å². The summed E-state index contributed by atoms with van der Waals surface area (Å²) in [7, 11) is 0. The second-order valence-corrected chi connectivity index (χ2v) is 7.50. The van der Waals surface area contributed by atoms with E-state index in [1.807, 2.05) is 30.3 Å². The van der Waals surface area contributed by atoms with Crippen LogP contribution in [-0.2, 0) is 0 Å². The van der Waals surface area contributed by atoms with Gasteiger partial charge in [0, 0.05) is 17.3 Å². The van der Waals surface area contributed by atoms with Crippen LogP contribution in [0, 0.1) is 0 Å². The minimum Gasteiger partial charge on any atom is -0.454 e. The van der Waals surface area contributed by atoms with Crippen LogP contribution in [0.25, 0.3) is 20.8 Å². The summed E-state index contributed by atoms with van der Waals surface area (Å²) < 4.78 is 11.7. The van der Waals surface area contributed by atoms with Crippen molar-refractivity contribution in [2.24, 2.45) is 0 Å². The van der Waals surface area contributed by atoms with E-state index in [0.717, 1.165) is 20.8 Å². The number of rotatable bonds is 3. The van der Waals surface area contributed by atoms with E-state index in [-0.39, 0.29) is 12.7 Å². The molecular weight excluding hydrogens is 398 g/mol. The van der Waals surface area contributed by atoms with Gasteiger partial charge in [0.05, 0.1) is 15.2 Å². The number of thiazole rings is 1. The fraction of sp³-hybridized carbons (Fsp3) is 0.0500. The minimum absolute atomic E-state index is 0.0922. The number of benzene rings is 2. The van der Waals surface area contributed by atoms with Gasteiger partial charge in [-0.3, -0.25) is 4.79 Å². The lowest BCUT2D eigenvalue weighted by Gasteiger charge is -2.07. The van der Waals surface area contributed by atoms with E-state index in [2.05, 4.69) is 15.3 Å². The number of halogens is 1. The Morgan fingerprint density at radius 1 is 1.14 bits per heavy atom. The van der Waals surface area contributed by atoms with Gasteiger partial charge in [0.1, 0.15) is 10.8 Å². The number of para-hydroxylation sites is 1. The number of nitrogens with zero attached hydrogens (tertiary/aromatic N) is 2. The minimum atomic E-state index is -0.333. The molecule has 0 fully saturated rings. The Balaban J connectivity index is 1.36. The van der Waals surface area contributed by atoms with E-state index in [0.29, 0.717) is 27.9 Å². The van der Waals surface area contributed by atoms with Gasteiger partial charge in [0.25, 0.3) is 5.91 Å². The van der Waals surface area contributed by atoms with Crippen LogP contribution >= 0.6 is 22.9 Å². The highest BCUT2D eigenvalue weighted by Gasteiger charge is 2.21. The van der Waals surface area contributed by atoms with Gasteiger partial charge in [0.2, 0.25) is 6.79 Å². The summed E-state index contributed by atoms with van der Waals surface area (Å²) in [6, 6.07) is 14.7. The van der Waals surface area contributed by atoms with Crippen molar-refractivity contribution in [3.63, 3.8) is 0 Å². The van der Waals surface area contributed by atoms with Gasteiger partial charge >= 0.3 is 0 Å². The van der Waals surface area contributed by atoms with Crippen molar-refractivity contribution in [3.05, 3.63) is 65.3 Å². The average Bonchev–Trinajstić information content (AvgIpc) is 3.35. The molecule has 1 N–H and O–H groups in total. The molecule has 0 bridgehead atoms. The average molecular weight is 410 g/mol. The zero-order valence-corrected chi connectivity index (χ0v) is 15.9. The Kier molecular flexibility index (Phi) is 4.11. The quantitative estimate of drug-likeness (QED) is 0.515. The maximum absolute atomic E-state index is 12.5. The van der Waals surface area contributed by atoms with Gasteiger partial charge in [-0.2, -0.15) is 0 Å². The van der Waals surface area contributed by atoms with Gasteiger partial charge in [-0.05, 0) is 36.4 Å². The Morgan fingerprint density at radius 2 is 2.04 bits per heavy atom. The summed E-state index contributed by atoms with van der Waals surface area (Å²) in [5.74, 6) is 1.01. The second-order valence-electron chi connectivity index (χ2n) is 6.06. The molecule has 0 atom stereocenters. The van der Waals surface area contributed by atoms with E-state index in [9.17, 15) is 4.79 Å². The molecule has 0 spiro atoms. The topological polar surface area (TPSA) is 73.3 Å². The van der Waals surface area contributed by atoms with E-state index in [1.54, 1.807) is 35.7 Å². The van der Waals surface area contributed by atoms with Crippen LogP contribution in [0.2, 0.25) is 5.02 Å². The maximum atomic E-state index is 12.5. The monoisotopic (exact) mass is 409 g/mol. The first kappa shape index (κ1) is 17.0. The highest BCUT2D eigenvalue weighted by atomic mass is 35.5. The number of fused-ring (bicyclic) bond motifs is 2. The van der Waals surface area contributed by atoms with Gasteiger partial charge in [-0.15, -0.1) is 11.3 Å². The lowest BCUT2D eigenvalue weighted by molar-refractivity contribution is 0.102. The molecule has 4 aromatic rings. The fourth-order valence-corrected chi connectivity index (χ4v) is 4.10. The molecule has 2 aromatic carbocycles. The first-order valence-corrected chi connectivity index (χ1v) is 9.59. The largest absolute Gasteiger partial charge is 0.454 e. The molecular formula is C20H12ClN3O3S. The Bertz CT molecular complexity index is 1170. The SMILES string of the molecule is O=C(Nc1ccc(-c2nc3ccccc3s2)cn1)c1cc(Cl)c2c(c1)OCO2. The van der Waals surface area contributed by atoms with Crippen molar-refractivity contribution in [1.29, 1.82) is 0 Å². The number of carbonyl (C=O) groups excluding carboxylic acids is 1. The second kappa shape index (κ2) is 6.78. The molecule has 0 saturated heterocycles. The predicted molar refractivity (Wildman–Crippen MR) is 108 cm³/mol. The van der Waals surface area contributed by atoms with Crippen LogP contribution in [-0.4, -0.2) is 22.7 Å². The summed E-state index contributed by atoms with van der Waals surface area (Å²) in [6.07, 6.45) is 1.69. The zero-order valence-electron chi connectivity index (χ0n) is 14.3. The molecule has 0 radical (unpaired) electrons. The van der Waals surface area contributed by atoms with E-state index < -0.39 is 0 Å². The molecule has 3 heterocycles. The number of aromatic nitrogens is 2. The molecule has 1 aliphatic rings. The first-order chi connectivity index (χ1) is 13.7. The molecule has 5 rings (SSSR count). The van der Waals surface area contributed by atoms with Gasteiger partial charge in [-0.25, -0.2) is 9.97 Å². The molecule has 6 nitrogen and oxygen atoms in total. The fourth-order valence-electron chi connectivity index (χ4n) is 2.88. The molecule has 0 saturated carbocycles. The van der Waals surface area contributed by atoms with Gasteiger partial charge < -0.3 is 14.8 Å². The summed E-state index contributed by atoms with van der Waals surface area (Å²) in [5, 5.41) is 3.98. The van der Waals surface area contributed by atoms with E-state index in [1.165, 1.54) is 0 Å². The lowest BCUT2D eigenvalue weighted by atomic mass is 10.2. The van der Waals surface area contributed by atoms with Gasteiger partial charge in [-0.1, -0.05) is 23.7 Å². The first-order valence-electron chi connectivity index (χ1n) is 8.40. The van der Waals surface area contributed by atoms with Crippen molar-refractivity contribution in [1.82, 2.24) is 9.97 Å². The summed E-state index contributed by atoms with van der Waals surface area (Å²) in [6.45, 7) is 0.0922. The molecule has 28 heavy (non-hydrogen) atoms. The number of ether oxygens (including phenoxy) is 2. The van der Waals surface area contributed by atoms with Crippen LogP contribution in [0.15, 0.2) is 54.7 Å². The third-order valence-corrected chi connectivity index (χ3v) is 5.60. The lowest BCUT2D eigenvalue weighted by Crippen LogP contribution is -2.12. The van der Waals surface area contributed by atoms with Crippen molar-refractivity contribution >= 4 is 44.9 Å². The molecule has 1 amide bonds. The van der Waals surface area contributed by atoms with E-state index >= 15 is 0 Å². The molecule has 2 aromatic heterocycles. The Hall–Kier alpha value is -3.16. The smallest absolute Gasteiger partial charge is 0.257 e. The standard InChI is InChI=1S/C20H12ClN3O3S/c21-13-7-12(8-15-18(13)27-10-26-15)19(25)24-17-6-5-11(9-22-17)20-23-14-3-1-2-4-16(14)28-20/h1-9H,10H2,(H,22,24,25). The zero-order chi connectivity index (χ0) is 19.1. The number of carbonyl (C=O) groups is 1. The van der Waals surface area contributed by atoms with Crippen LogP contribution in [0.5, 0.6) is 11.5 Å². The predicted octanol–water partition coefficient (Wildman–Crippen LogP) is 4.99. The third kappa shape index (κ3) is 3.04. The molecule has 1 aliphatic heterocycles. The molecule has 0 aliphatic carbocycles. The van der Waals surface area contributed by atoms with Crippen molar-refractivity contribution < 1.29 is 14.3 Å². The molecule has 8 heteroatoms. The van der Waals surface area contributed by atoms with Crippen molar-refractivity contribution in [3.8, 4) is 22.1 Å². The number of hydrogen-bond acceptors (Lipinski definition) is 6. The Labute approximate surface area is 168 Å². The number of pyridine rings is 1. The highest BCUT2D eigenvalue weighted by Crippen LogP contribution is 2.40. The summed E-state index contributed by atoms with van der Waals surface area (Å²) in [5.41, 5.74) is 2.22. The van der Waals surface area contributed by atoms with Crippen LogP contribution in [0.1, 0.15) is 10.4 Å². The summed E-state index contributed by atoms with van der Waals surface area (Å²) in [4.78, 5) is 21.5. The van der Waals surface area contributed by atoms with Crippen molar-refractivity contribution in [2.75, 3.05) is 12.1 Å². The summed E-state index contributed by atoms with van der Waals surface area (Å²) >= 11 is 7.74. The maximum Gasteiger partial charge on any atom is 0.257 e. The number of hydrogen-bond donors (Lipinski definition) is 1. The molecule has 138 valence electrons. The van der Waals surface area contributed by atoms with Crippen LogP contribution < -0.4 is 14.8 Å². The number of nitrogens with one attached hydrogen (secondary N) is 1. The van der Waals surface area contributed by atoms with Gasteiger partial charge in [0.15, 0.2) is 11.5 Å². The van der Waals surface area contributed by atoms with Crippen LogP contribution in [0.3, 0.4) is 0 Å². The third-order valence-electron chi connectivity index (χ3n) is 4.24. The van der Waals surface area contributed by atoms with Crippen molar-refractivity contribution in [2.45, 2.75) is 0 Å². The Morgan fingerprint density at radius 3 is 2.86 bits per heavy atom. The number of amides is 1. The highest BCUT2D eigenvalue weighted by molar-refractivity contribution is 7.21. The number of anilines is 1. The molecule has 0 unspecified atom stereocenters. The van der Waals surface area contributed by atoms with Crippen LogP contribution in [0.4, 0.5) is 5.82 Å².